The highest BCUT2D eigenvalue weighted by atomic mass is 16.3. The van der Waals surface area contributed by atoms with Crippen molar-refractivity contribution in [2.24, 2.45) is 0 Å². The molecular formula is C44H69NO3. The van der Waals surface area contributed by atoms with E-state index in [1.807, 2.05) is 6.08 Å². The van der Waals surface area contributed by atoms with Gasteiger partial charge in [0.25, 0.3) is 0 Å². The summed E-state index contributed by atoms with van der Waals surface area (Å²) in [6.07, 6.45) is 60.0. The first-order valence-electron chi connectivity index (χ1n) is 18.7. The molecule has 0 bridgehead atoms. The highest BCUT2D eigenvalue weighted by Crippen LogP contribution is 2.05. The lowest BCUT2D eigenvalue weighted by molar-refractivity contribution is -0.122. The summed E-state index contributed by atoms with van der Waals surface area (Å²) >= 11 is 0. The number of aliphatic hydroxyl groups excluding tert-OH is 2. The van der Waals surface area contributed by atoms with Gasteiger partial charge in [-0.1, -0.05) is 148 Å². The van der Waals surface area contributed by atoms with E-state index in [4.69, 9.17) is 0 Å². The van der Waals surface area contributed by atoms with E-state index in [0.717, 1.165) is 83.5 Å². The topological polar surface area (TPSA) is 69.6 Å². The van der Waals surface area contributed by atoms with Crippen LogP contribution in [0.2, 0.25) is 0 Å². The third-order valence-corrected chi connectivity index (χ3v) is 7.41. The van der Waals surface area contributed by atoms with Crippen molar-refractivity contribution in [2.75, 3.05) is 6.61 Å². The molecule has 0 spiro atoms. The molecule has 0 aliphatic heterocycles. The zero-order chi connectivity index (χ0) is 35.0. The molecule has 0 aromatic rings. The SMILES string of the molecule is CC/C=C\C/C=C\C/C=C\C/C=C\C/C=C\C/C=C\C/C=C\CCCC(=O)NC(CO)C(O)/C=C/CC/C=C/CC/C=C/CCCCC. The van der Waals surface area contributed by atoms with E-state index in [2.05, 4.69) is 129 Å². The first-order valence-corrected chi connectivity index (χ1v) is 18.7. The predicted octanol–water partition coefficient (Wildman–Crippen LogP) is 11.4. The van der Waals surface area contributed by atoms with Crippen LogP contribution in [-0.4, -0.2) is 34.9 Å². The second kappa shape index (κ2) is 38.2. The van der Waals surface area contributed by atoms with Crippen molar-refractivity contribution in [3.63, 3.8) is 0 Å². The molecule has 1 amide bonds. The molecule has 3 N–H and O–H groups in total. The van der Waals surface area contributed by atoms with Gasteiger partial charge in [-0.05, 0) is 96.3 Å². The van der Waals surface area contributed by atoms with E-state index in [9.17, 15) is 15.0 Å². The summed E-state index contributed by atoms with van der Waals surface area (Å²) in [6.45, 7) is 4.08. The molecule has 2 atom stereocenters. The van der Waals surface area contributed by atoms with E-state index < -0.39 is 12.1 Å². The van der Waals surface area contributed by atoms with Crippen LogP contribution < -0.4 is 5.32 Å². The van der Waals surface area contributed by atoms with Crippen LogP contribution in [0.4, 0.5) is 0 Å². The number of hydrogen-bond acceptors (Lipinski definition) is 3. The van der Waals surface area contributed by atoms with Crippen molar-refractivity contribution < 1.29 is 15.0 Å². The molecule has 0 radical (unpaired) electrons. The van der Waals surface area contributed by atoms with Gasteiger partial charge < -0.3 is 15.5 Å². The first-order chi connectivity index (χ1) is 23.7. The molecule has 0 aromatic heterocycles. The molecule has 0 saturated heterocycles. The summed E-state index contributed by atoms with van der Waals surface area (Å²) in [5.74, 6) is -0.144. The smallest absolute Gasteiger partial charge is 0.220 e. The van der Waals surface area contributed by atoms with Crippen LogP contribution in [0.3, 0.4) is 0 Å². The Balaban J connectivity index is 3.88. The fraction of sp³-hybridized carbons (Fsp3) is 0.523. The average Bonchev–Trinajstić information content (AvgIpc) is 3.09. The lowest BCUT2D eigenvalue weighted by Crippen LogP contribution is -2.45. The first kappa shape index (κ1) is 44.8. The molecule has 4 nitrogen and oxygen atoms in total. The Morgan fingerprint density at radius 2 is 0.917 bits per heavy atom. The van der Waals surface area contributed by atoms with Gasteiger partial charge in [0.15, 0.2) is 0 Å². The molecule has 4 heteroatoms. The Morgan fingerprint density at radius 1 is 0.521 bits per heavy atom. The summed E-state index contributed by atoms with van der Waals surface area (Å²) in [4.78, 5) is 12.3. The van der Waals surface area contributed by atoms with Crippen molar-refractivity contribution in [1.29, 1.82) is 0 Å². The Hall–Kier alpha value is -3.21. The van der Waals surface area contributed by atoms with E-state index >= 15 is 0 Å². The molecule has 48 heavy (non-hydrogen) atoms. The quantitative estimate of drug-likeness (QED) is 0.0512. The molecule has 0 aliphatic rings. The summed E-state index contributed by atoms with van der Waals surface area (Å²) in [7, 11) is 0. The third kappa shape index (κ3) is 34.1. The Morgan fingerprint density at radius 3 is 1.38 bits per heavy atom. The maximum atomic E-state index is 12.3. The molecule has 268 valence electrons. The van der Waals surface area contributed by atoms with Crippen molar-refractivity contribution in [1.82, 2.24) is 5.32 Å². The molecule has 0 rings (SSSR count). The van der Waals surface area contributed by atoms with Crippen LogP contribution >= 0.6 is 0 Å². The summed E-state index contributed by atoms with van der Waals surface area (Å²) < 4.78 is 0. The van der Waals surface area contributed by atoms with Crippen molar-refractivity contribution >= 4 is 5.91 Å². The maximum absolute atomic E-state index is 12.3. The zero-order valence-corrected chi connectivity index (χ0v) is 30.4. The minimum Gasteiger partial charge on any atom is -0.394 e. The number of unbranched alkanes of at least 4 members (excludes halogenated alkanes) is 6. The van der Waals surface area contributed by atoms with Gasteiger partial charge in [-0.25, -0.2) is 0 Å². The van der Waals surface area contributed by atoms with Gasteiger partial charge in [-0.3, -0.25) is 4.79 Å². The predicted molar refractivity (Wildman–Crippen MR) is 211 cm³/mol. The number of nitrogens with one attached hydrogen (secondary N) is 1. The van der Waals surface area contributed by atoms with E-state index in [1.54, 1.807) is 6.08 Å². The van der Waals surface area contributed by atoms with Gasteiger partial charge in [0.2, 0.25) is 5.91 Å². The summed E-state index contributed by atoms with van der Waals surface area (Å²) in [5.41, 5.74) is 0. The largest absolute Gasteiger partial charge is 0.394 e. The van der Waals surface area contributed by atoms with Crippen LogP contribution in [0.15, 0.2) is 122 Å². The fourth-order valence-corrected chi connectivity index (χ4v) is 4.55. The number of rotatable bonds is 31. The van der Waals surface area contributed by atoms with Crippen LogP contribution in [0.1, 0.15) is 129 Å². The molecule has 0 aliphatic carbocycles. The number of aliphatic hydroxyl groups is 2. The standard InChI is InChI=1S/C44H69NO3/c1-3-5-7-9-11-13-15-17-18-19-20-21-22-23-24-25-26-28-30-32-34-36-38-40-44(48)45-42(41-46)43(47)39-37-35-33-31-29-27-16-14-12-10-8-6-4-2/h5,7,11-14,17-18,20-21,23-24,26,28-29,31-32,34,37,39,42-43,46-47H,3-4,6,8-10,15-16,19,22,25,27,30,33,35-36,38,40-41H2,1-2H3,(H,45,48)/b7-5-,13-11-,14-12+,18-17-,21-20-,24-23-,28-26-,31-29+,34-32-,39-37+. The van der Waals surface area contributed by atoms with E-state index in [1.165, 1.54) is 25.7 Å². The summed E-state index contributed by atoms with van der Waals surface area (Å²) in [6, 6.07) is -0.683. The van der Waals surface area contributed by atoms with Crippen molar-refractivity contribution in [3.8, 4) is 0 Å². The van der Waals surface area contributed by atoms with Crippen LogP contribution in [-0.2, 0) is 4.79 Å². The zero-order valence-electron chi connectivity index (χ0n) is 30.4. The molecular weight excluding hydrogens is 590 g/mol. The third-order valence-electron chi connectivity index (χ3n) is 7.41. The van der Waals surface area contributed by atoms with Gasteiger partial charge in [0, 0.05) is 6.42 Å². The lowest BCUT2D eigenvalue weighted by atomic mass is 10.1. The summed E-state index contributed by atoms with van der Waals surface area (Å²) in [5, 5.41) is 22.8. The van der Waals surface area contributed by atoms with Crippen molar-refractivity contribution in [2.45, 2.75) is 142 Å². The van der Waals surface area contributed by atoms with Gasteiger partial charge in [-0.2, -0.15) is 0 Å². The molecule has 0 aromatic carbocycles. The Bertz CT molecular complexity index is 1020. The Labute approximate surface area is 295 Å². The van der Waals surface area contributed by atoms with Crippen LogP contribution in [0.5, 0.6) is 0 Å². The second-order valence-electron chi connectivity index (χ2n) is 11.9. The highest BCUT2D eigenvalue weighted by molar-refractivity contribution is 5.76. The van der Waals surface area contributed by atoms with Gasteiger partial charge in [-0.15, -0.1) is 0 Å². The van der Waals surface area contributed by atoms with Crippen LogP contribution in [0, 0.1) is 0 Å². The average molecular weight is 660 g/mol. The number of carbonyl (C=O) groups is 1. The normalized spacial score (nSPS) is 14.5. The monoisotopic (exact) mass is 660 g/mol. The molecule has 0 fully saturated rings. The lowest BCUT2D eigenvalue weighted by Gasteiger charge is -2.19. The number of carbonyl (C=O) groups excluding carboxylic acids is 1. The molecule has 0 saturated carbocycles. The minimum absolute atomic E-state index is 0.144. The Kier molecular flexibility index (Phi) is 35.7. The second-order valence-corrected chi connectivity index (χ2v) is 11.9. The van der Waals surface area contributed by atoms with E-state index in [0.29, 0.717) is 6.42 Å². The highest BCUT2D eigenvalue weighted by Gasteiger charge is 2.17. The van der Waals surface area contributed by atoms with Gasteiger partial charge in [0.05, 0.1) is 18.8 Å². The number of hydrogen-bond donors (Lipinski definition) is 3. The van der Waals surface area contributed by atoms with Crippen LogP contribution in [0.25, 0.3) is 0 Å². The molecule has 0 heterocycles. The minimum atomic E-state index is -0.901. The number of amides is 1. The number of allylic oxidation sites excluding steroid dienone is 19. The van der Waals surface area contributed by atoms with E-state index in [-0.39, 0.29) is 12.5 Å². The molecule has 2 unspecified atom stereocenters. The fourth-order valence-electron chi connectivity index (χ4n) is 4.55. The van der Waals surface area contributed by atoms with Gasteiger partial charge >= 0.3 is 0 Å². The van der Waals surface area contributed by atoms with Gasteiger partial charge in [0.1, 0.15) is 0 Å². The van der Waals surface area contributed by atoms with Crippen molar-refractivity contribution in [3.05, 3.63) is 122 Å². The maximum Gasteiger partial charge on any atom is 0.220 e.